The molecule has 3 heteroatoms. The number of hydrogen-bond acceptors (Lipinski definition) is 1. The lowest BCUT2D eigenvalue weighted by molar-refractivity contribution is 0.119. The molecular weight excluding hydrogens is 192 g/mol. The molecule has 1 aliphatic heterocycles. The van der Waals surface area contributed by atoms with Gasteiger partial charge in [0.25, 0.3) is 0 Å². The molecule has 2 atom stereocenters. The highest BCUT2D eigenvalue weighted by Crippen LogP contribution is 2.35. The van der Waals surface area contributed by atoms with Crippen LogP contribution >= 0.6 is 12.2 Å². The zero-order chi connectivity index (χ0) is 9.97. The van der Waals surface area contributed by atoms with Gasteiger partial charge in [-0.1, -0.05) is 12.8 Å². The molecule has 14 heavy (non-hydrogen) atoms. The number of nitrogens with one attached hydrogen (secondary N) is 1. The van der Waals surface area contributed by atoms with Gasteiger partial charge in [0.2, 0.25) is 0 Å². The molecule has 0 unspecified atom stereocenters. The standard InChI is InChI=1S/C11H20N2S/c1-12-11(14)13-8-4-6-9-5-2-3-7-10(9)13/h9-10H,2-8H2,1H3,(H,12,14)/t9-,10-/m1/s1. The number of nitrogens with zero attached hydrogens (tertiary/aromatic N) is 1. The summed E-state index contributed by atoms with van der Waals surface area (Å²) in [5, 5.41) is 4.08. The van der Waals surface area contributed by atoms with E-state index < -0.39 is 0 Å². The monoisotopic (exact) mass is 212 g/mol. The maximum atomic E-state index is 5.36. The number of fused-ring (bicyclic) bond motifs is 1. The molecule has 0 aromatic carbocycles. The van der Waals surface area contributed by atoms with Crippen LogP contribution in [-0.2, 0) is 0 Å². The number of piperidine rings is 1. The molecule has 0 amide bonds. The third-order valence-electron chi connectivity index (χ3n) is 3.72. The molecule has 2 nitrogen and oxygen atoms in total. The minimum Gasteiger partial charge on any atom is -0.366 e. The van der Waals surface area contributed by atoms with Gasteiger partial charge in [0.15, 0.2) is 5.11 Å². The maximum Gasteiger partial charge on any atom is 0.168 e. The Balaban J connectivity index is 2.04. The van der Waals surface area contributed by atoms with Gasteiger partial charge in [-0.2, -0.15) is 0 Å². The molecule has 1 saturated heterocycles. The highest BCUT2D eigenvalue weighted by molar-refractivity contribution is 7.80. The molecular formula is C11H20N2S. The smallest absolute Gasteiger partial charge is 0.168 e. The number of likely N-dealkylation sites (tertiary alicyclic amines) is 1. The zero-order valence-electron chi connectivity index (χ0n) is 8.96. The molecule has 0 aromatic heterocycles. The van der Waals surface area contributed by atoms with Crippen molar-refractivity contribution in [3.05, 3.63) is 0 Å². The van der Waals surface area contributed by atoms with Gasteiger partial charge in [0.1, 0.15) is 0 Å². The largest absolute Gasteiger partial charge is 0.366 e. The fraction of sp³-hybridized carbons (Fsp3) is 0.909. The Bertz CT molecular complexity index is 215. The van der Waals surface area contributed by atoms with E-state index in [1.807, 2.05) is 7.05 Å². The molecule has 0 radical (unpaired) electrons. The lowest BCUT2D eigenvalue weighted by Gasteiger charge is -2.45. The van der Waals surface area contributed by atoms with Crippen LogP contribution in [0.5, 0.6) is 0 Å². The minimum absolute atomic E-state index is 0.748. The predicted octanol–water partition coefficient (Wildman–Crippen LogP) is 2.15. The van der Waals surface area contributed by atoms with E-state index in [4.69, 9.17) is 12.2 Å². The third-order valence-corrected chi connectivity index (χ3v) is 4.16. The number of rotatable bonds is 0. The average Bonchev–Trinajstić information content (AvgIpc) is 2.27. The summed E-state index contributed by atoms with van der Waals surface area (Å²) in [6.45, 7) is 1.17. The molecule has 0 aromatic rings. The molecule has 80 valence electrons. The topological polar surface area (TPSA) is 15.3 Å². The molecule has 1 heterocycles. The second-order valence-corrected chi connectivity index (χ2v) is 4.89. The lowest BCUT2D eigenvalue weighted by Crippen LogP contribution is -2.52. The second kappa shape index (κ2) is 4.47. The van der Waals surface area contributed by atoms with Crippen molar-refractivity contribution in [2.75, 3.05) is 13.6 Å². The van der Waals surface area contributed by atoms with Gasteiger partial charge < -0.3 is 10.2 Å². The third kappa shape index (κ3) is 1.88. The van der Waals surface area contributed by atoms with E-state index in [0.717, 1.165) is 17.1 Å². The maximum absolute atomic E-state index is 5.36. The predicted molar refractivity (Wildman–Crippen MR) is 63.3 cm³/mol. The zero-order valence-corrected chi connectivity index (χ0v) is 9.78. The van der Waals surface area contributed by atoms with Crippen LogP contribution in [0.2, 0.25) is 0 Å². The average molecular weight is 212 g/mol. The van der Waals surface area contributed by atoms with Gasteiger partial charge in [0, 0.05) is 19.6 Å². The fourth-order valence-electron chi connectivity index (χ4n) is 3.02. The van der Waals surface area contributed by atoms with Gasteiger partial charge in [-0.05, 0) is 43.8 Å². The molecule has 0 bridgehead atoms. The summed E-state index contributed by atoms with van der Waals surface area (Å²) in [7, 11) is 1.94. The lowest BCUT2D eigenvalue weighted by atomic mass is 9.78. The number of thiocarbonyl (C=S) groups is 1. The van der Waals surface area contributed by atoms with Gasteiger partial charge >= 0.3 is 0 Å². The summed E-state index contributed by atoms with van der Waals surface area (Å²) >= 11 is 5.36. The van der Waals surface area contributed by atoms with E-state index in [0.29, 0.717) is 0 Å². The Morgan fingerprint density at radius 1 is 1.21 bits per heavy atom. The summed E-state index contributed by atoms with van der Waals surface area (Å²) in [6.07, 6.45) is 8.35. The molecule has 1 saturated carbocycles. The summed E-state index contributed by atoms with van der Waals surface area (Å²) in [6, 6.07) is 0.748. The van der Waals surface area contributed by atoms with Gasteiger partial charge in [0.05, 0.1) is 0 Å². The van der Waals surface area contributed by atoms with Crippen molar-refractivity contribution in [3.63, 3.8) is 0 Å². The Hall–Kier alpha value is -0.310. The first-order chi connectivity index (χ1) is 6.83. The molecule has 0 spiro atoms. The quantitative estimate of drug-likeness (QED) is 0.619. The van der Waals surface area contributed by atoms with Crippen molar-refractivity contribution < 1.29 is 0 Å². The van der Waals surface area contributed by atoms with Crippen LogP contribution in [0.1, 0.15) is 38.5 Å². The summed E-state index contributed by atoms with van der Waals surface area (Å²) in [5.41, 5.74) is 0. The Morgan fingerprint density at radius 3 is 2.71 bits per heavy atom. The van der Waals surface area contributed by atoms with E-state index in [9.17, 15) is 0 Å². The van der Waals surface area contributed by atoms with E-state index in [-0.39, 0.29) is 0 Å². The van der Waals surface area contributed by atoms with Crippen LogP contribution < -0.4 is 5.32 Å². The molecule has 2 rings (SSSR count). The van der Waals surface area contributed by atoms with E-state index >= 15 is 0 Å². The van der Waals surface area contributed by atoms with Gasteiger partial charge in [-0.15, -0.1) is 0 Å². The van der Waals surface area contributed by atoms with Crippen LogP contribution in [-0.4, -0.2) is 29.6 Å². The van der Waals surface area contributed by atoms with Crippen molar-refractivity contribution >= 4 is 17.3 Å². The Morgan fingerprint density at radius 2 is 1.93 bits per heavy atom. The van der Waals surface area contributed by atoms with Crippen molar-refractivity contribution in [1.29, 1.82) is 0 Å². The van der Waals surface area contributed by atoms with E-state index in [2.05, 4.69) is 10.2 Å². The summed E-state index contributed by atoms with van der Waals surface area (Å²) in [5.74, 6) is 0.920. The van der Waals surface area contributed by atoms with Crippen LogP contribution in [0.15, 0.2) is 0 Å². The first kappa shape index (κ1) is 10.2. The molecule has 2 fully saturated rings. The SMILES string of the molecule is CNC(=S)N1CCC[C@H]2CCCC[C@H]21. The van der Waals surface area contributed by atoms with Crippen LogP contribution in [0.3, 0.4) is 0 Å². The normalized spacial score (nSPS) is 32.2. The summed E-state index contributed by atoms with van der Waals surface area (Å²) in [4.78, 5) is 2.43. The second-order valence-electron chi connectivity index (χ2n) is 4.50. The summed E-state index contributed by atoms with van der Waals surface area (Å²) < 4.78 is 0. The van der Waals surface area contributed by atoms with Crippen molar-refractivity contribution in [1.82, 2.24) is 10.2 Å². The first-order valence-corrected chi connectivity index (χ1v) is 6.22. The van der Waals surface area contributed by atoms with Gasteiger partial charge in [-0.3, -0.25) is 0 Å². The fourth-order valence-corrected chi connectivity index (χ4v) is 3.25. The molecule has 1 N–H and O–H groups in total. The van der Waals surface area contributed by atoms with Crippen LogP contribution in [0.4, 0.5) is 0 Å². The van der Waals surface area contributed by atoms with Crippen molar-refractivity contribution in [2.24, 2.45) is 5.92 Å². The van der Waals surface area contributed by atoms with E-state index in [1.54, 1.807) is 0 Å². The molecule has 1 aliphatic carbocycles. The first-order valence-electron chi connectivity index (χ1n) is 5.81. The Labute approximate surface area is 92.0 Å². The van der Waals surface area contributed by atoms with Gasteiger partial charge in [-0.25, -0.2) is 0 Å². The van der Waals surface area contributed by atoms with Crippen molar-refractivity contribution in [2.45, 2.75) is 44.6 Å². The van der Waals surface area contributed by atoms with Crippen molar-refractivity contribution in [3.8, 4) is 0 Å². The number of hydrogen-bond donors (Lipinski definition) is 1. The Kier molecular flexibility index (Phi) is 3.26. The molecule has 2 aliphatic rings. The van der Waals surface area contributed by atoms with Crippen LogP contribution in [0, 0.1) is 5.92 Å². The highest BCUT2D eigenvalue weighted by atomic mass is 32.1. The minimum atomic E-state index is 0.748. The van der Waals surface area contributed by atoms with Crippen LogP contribution in [0.25, 0.3) is 0 Å². The highest BCUT2D eigenvalue weighted by Gasteiger charge is 2.33. The van der Waals surface area contributed by atoms with E-state index in [1.165, 1.54) is 45.1 Å².